The standard InChI is InChI=1S/C21H24ClN3O2S/c1-13-8-6-7-9-18(13)12-25-17(5)21(16(4)23-25)24-28(26,27)20-11-14(2)19(22)10-15(20)3/h6-11,24H,12H2,1-5H3. The van der Waals surface area contributed by atoms with Crippen LogP contribution in [-0.4, -0.2) is 18.2 Å². The molecule has 5 nitrogen and oxygen atoms in total. The lowest BCUT2D eigenvalue weighted by atomic mass is 10.1. The molecule has 0 bridgehead atoms. The zero-order valence-electron chi connectivity index (χ0n) is 16.7. The van der Waals surface area contributed by atoms with E-state index in [9.17, 15) is 8.42 Å². The third kappa shape index (κ3) is 3.93. The van der Waals surface area contributed by atoms with Crippen molar-refractivity contribution in [3.05, 3.63) is 75.1 Å². The molecule has 0 saturated carbocycles. The smallest absolute Gasteiger partial charge is 0.262 e. The minimum Gasteiger partial charge on any atom is -0.276 e. The Kier molecular flexibility index (Phi) is 5.55. The van der Waals surface area contributed by atoms with Crippen LogP contribution in [0.2, 0.25) is 5.02 Å². The maximum atomic E-state index is 13.0. The van der Waals surface area contributed by atoms with Gasteiger partial charge in [-0.05, 0) is 69.0 Å². The molecule has 0 amide bonds. The van der Waals surface area contributed by atoms with Gasteiger partial charge in [0.05, 0.1) is 28.5 Å². The van der Waals surface area contributed by atoms with Crippen LogP contribution in [-0.2, 0) is 16.6 Å². The first-order valence-corrected chi connectivity index (χ1v) is 10.8. The van der Waals surface area contributed by atoms with Crippen molar-refractivity contribution in [1.82, 2.24) is 9.78 Å². The first-order chi connectivity index (χ1) is 13.1. The molecule has 0 fully saturated rings. The highest BCUT2D eigenvalue weighted by atomic mass is 35.5. The van der Waals surface area contributed by atoms with Crippen molar-refractivity contribution < 1.29 is 8.42 Å². The molecule has 0 aliphatic carbocycles. The van der Waals surface area contributed by atoms with E-state index < -0.39 is 10.0 Å². The van der Waals surface area contributed by atoms with Gasteiger partial charge in [0.15, 0.2) is 0 Å². The molecule has 2 aromatic carbocycles. The van der Waals surface area contributed by atoms with Crippen molar-refractivity contribution in [3.63, 3.8) is 0 Å². The van der Waals surface area contributed by atoms with Gasteiger partial charge in [0.25, 0.3) is 10.0 Å². The minimum absolute atomic E-state index is 0.222. The largest absolute Gasteiger partial charge is 0.276 e. The van der Waals surface area contributed by atoms with Gasteiger partial charge in [0.2, 0.25) is 0 Å². The molecule has 1 N–H and O–H groups in total. The molecule has 0 radical (unpaired) electrons. The lowest BCUT2D eigenvalue weighted by molar-refractivity contribution is 0.600. The number of aryl methyl sites for hydroxylation is 4. The summed E-state index contributed by atoms with van der Waals surface area (Å²) in [6, 6.07) is 11.4. The SMILES string of the molecule is Cc1cc(S(=O)(=O)Nc2c(C)nn(Cc3ccccc3C)c2C)c(C)cc1Cl. The summed E-state index contributed by atoms with van der Waals surface area (Å²) >= 11 is 6.11. The minimum atomic E-state index is -3.76. The fourth-order valence-electron chi connectivity index (χ4n) is 3.18. The molecule has 0 saturated heterocycles. The highest BCUT2D eigenvalue weighted by Crippen LogP contribution is 2.28. The number of aromatic nitrogens is 2. The van der Waals surface area contributed by atoms with Crippen LogP contribution in [0.4, 0.5) is 5.69 Å². The third-order valence-electron chi connectivity index (χ3n) is 4.95. The van der Waals surface area contributed by atoms with E-state index in [0.29, 0.717) is 28.5 Å². The topological polar surface area (TPSA) is 64.0 Å². The van der Waals surface area contributed by atoms with E-state index in [2.05, 4.69) is 28.9 Å². The highest BCUT2D eigenvalue weighted by Gasteiger charge is 2.22. The van der Waals surface area contributed by atoms with Gasteiger partial charge in [0.1, 0.15) is 0 Å². The molecule has 0 aliphatic heterocycles. The van der Waals surface area contributed by atoms with Crippen LogP contribution in [0.15, 0.2) is 41.3 Å². The normalized spacial score (nSPS) is 11.6. The Balaban J connectivity index is 1.96. The second-order valence-electron chi connectivity index (χ2n) is 7.10. The van der Waals surface area contributed by atoms with E-state index in [1.54, 1.807) is 32.9 Å². The van der Waals surface area contributed by atoms with E-state index in [1.807, 2.05) is 23.7 Å². The van der Waals surface area contributed by atoms with E-state index in [-0.39, 0.29) is 4.90 Å². The van der Waals surface area contributed by atoms with E-state index in [4.69, 9.17) is 11.6 Å². The first kappa shape index (κ1) is 20.4. The number of rotatable bonds is 5. The van der Waals surface area contributed by atoms with Gasteiger partial charge in [-0.25, -0.2) is 8.42 Å². The van der Waals surface area contributed by atoms with Crippen LogP contribution in [0.5, 0.6) is 0 Å². The second-order valence-corrected chi connectivity index (χ2v) is 9.16. The van der Waals surface area contributed by atoms with Crippen LogP contribution < -0.4 is 4.72 Å². The van der Waals surface area contributed by atoms with Gasteiger partial charge in [-0.2, -0.15) is 5.10 Å². The summed E-state index contributed by atoms with van der Waals surface area (Å²) in [7, 11) is -3.76. The summed E-state index contributed by atoms with van der Waals surface area (Å²) in [5.74, 6) is 0. The molecule has 0 aliphatic rings. The lowest BCUT2D eigenvalue weighted by Gasteiger charge is -2.13. The number of hydrogen-bond acceptors (Lipinski definition) is 3. The summed E-state index contributed by atoms with van der Waals surface area (Å²) in [5.41, 5.74) is 5.56. The monoisotopic (exact) mass is 417 g/mol. The summed E-state index contributed by atoms with van der Waals surface area (Å²) in [6.07, 6.45) is 0. The molecule has 1 heterocycles. The number of sulfonamides is 1. The first-order valence-electron chi connectivity index (χ1n) is 8.98. The van der Waals surface area contributed by atoms with Crippen LogP contribution in [0, 0.1) is 34.6 Å². The van der Waals surface area contributed by atoms with Gasteiger partial charge in [-0.3, -0.25) is 9.40 Å². The zero-order chi connectivity index (χ0) is 20.6. The average Bonchev–Trinajstić information content (AvgIpc) is 2.87. The third-order valence-corrected chi connectivity index (χ3v) is 6.84. The molecule has 148 valence electrons. The summed E-state index contributed by atoms with van der Waals surface area (Å²) in [4.78, 5) is 0.222. The molecule has 28 heavy (non-hydrogen) atoms. The van der Waals surface area contributed by atoms with Gasteiger partial charge in [-0.1, -0.05) is 35.9 Å². The van der Waals surface area contributed by atoms with Crippen molar-refractivity contribution in [3.8, 4) is 0 Å². The Bertz CT molecular complexity index is 1150. The number of anilines is 1. The predicted molar refractivity (Wildman–Crippen MR) is 114 cm³/mol. The Hall–Kier alpha value is -2.31. The summed E-state index contributed by atoms with van der Waals surface area (Å²) in [5, 5.41) is 5.10. The molecule has 0 spiro atoms. The number of hydrogen-bond donors (Lipinski definition) is 1. The van der Waals surface area contributed by atoms with Crippen LogP contribution in [0.1, 0.15) is 33.6 Å². The molecule has 3 aromatic rings. The zero-order valence-corrected chi connectivity index (χ0v) is 18.2. The maximum Gasteiger partial charge on any atom is 0.262 e. The average molecular weight is 418 g/mol. The molecule has 7 heteroatoms. The van der Waals surface area contributed by atoms with E-state index in [1.165, 1.54) is 5.56 Å². The van der Waals surface area contributed by atoms with Crippen molar-refractivity contribution in [2.24, 2.45) is 0 Å². The molecular formula is C21H24ClN3O2S. The molecule has 1 aromatic heterocycles. The second kappa shape index (κ2) is 7.60. The van der Waals surface area contributed by atoms with Crippen LogP contribution in [0.25, 0.3) is 0 Å². The predicted octanol–water partition coefficient (Wildman–Crippen LogP) is 4.93. The van der Waals surface area contributed by atoms with Crippen molar-refractivity contribution in [2.45, 2.75) is 46.1 Å². The fraction of sp³-hybridized carbons (Fsp3) is 0.286. The molecular weight excluding hydrogens is 394 g/mol. The van der Waals surface area contributed by atoms with Gasteiger partial charge in [0, 0.05) is 5.02 Å². The maximum absolute atomic E-state index is 13.0. The molecule has 0 atom stereocenters. The molecule has 0 unspecified atom stereocenters. The Morgan fingerprint density at radius 1 is 1.00 bits per heavy atom. The number of benzene rings is 2. The highest BCUT2D eigenvalue weighted by molar-refractivity contribution is 7.92. The Morgan fingerprint density at radius 2 is 1.68 bits per heavy atom. The number of halogens is 1. The van der Waals surface area contributed by atoms with Crippen molar-refractivity contribution in [2.75, 3.05) is 4.72 Å². The summed E-state index contributed by atoms with van der Waals surface area (Å²) in [6.45, 7) is 9.84. The quantitative estimate of drug-likeness (QED) is 0.640. The van der Waals surface area contributed by atoms with Gasteiger partial charge < -0.3 is 0 Å². The molecule has 3 rings (SSSR count). The van der Waals surface area contributed by atoms with E-state index >= 15 is 0 Å². The van der Waals surface area contributed by atoms with Gasteiger partial charge in [-0.15, -0.1) is 0 Å². The van der Waals surface area contributed by atoms with Crippen molar-refractivity contribution in [1.29, 1.82) is 0 Å². The Morgan fingerprint density at radius 3 is 2.36 bits per heavy atom. The van der Waals surface area contributed by atoms with Crippen molar-refractivity contribution >= 4 is 27.3 Å². The summed E-state index contributed by atoms with van der Waals surface area (Å²) < 4.78 is 30.6. The van der Waals surface area contributed by atoms with Crippen LogP contribution in [0.3, 0.4) is 0 Å². The Labute approximate surface area is 171 Å². The van der Waals surface area contributed by atoms with Gasteiger partial charge >= 0.3 is 0 Å². The lowest BCUT2D eigenvalue weighted by Crippen LogP contribution is -2.16. The number of nitrogens with one attached hydrogen (secondary N) is 1. The van der Waals surface area contributed by atoms with E-state index in [0.717, 1.165) is 16.8 Å². The van der Waals surface area contributed by atoms with Crippen LogP contribution >= 0.6 is 11.6 Å². The number of nitrogens with zero attached hydrogens (tertiary/aromatic N) is 2. The fourth-order valence-corrected chi connectivity index (χ4v) is 4.89.